The number of benzene rings is 1. The molecule has 0 saturated carbocycles. The molecule has 17 heavy (non-hydrogen) atoms. The minimum Gasteiger partial charge on any atom is -0.497 e. The first-order valence-corrected chi connectivity index (χ1v) is 6.75. The summed E-state index contributed by atoms with van der Waals surface area (Å²) < 4.78 is 30.3. The SMILES string of the molecule is COc1ccc(N(C)S(=O)(=O)C(C)CN)cc1. The Morgan fingerprint density at radius 1 is 1.35 bits per heavy atom. The van der Waals surface area contributed by atoms with Crippen molar-refractivity contribution in [3.05, 3.63) is 24.3 Å². The number of hydrogen-bond donors (Lipinski definition) is 1. The van der Waals surface area contributed by atoms with Gasteiger partial charge in [0.25, 0.3) is 0 Å². The van der Waals surface area contributed by atoms with Crippen molar-refractivity contribution in [1.82, 2.24) is 0 Å². The van der Waals surface area contributed by atoms with Crippen molar-refractivity contribution in [2.24, 2.45) is 5.73 Å². The van der Waals surface area contributed by atoms with E-state index in [0.29, 0.717) is 11.4 Å². The van der Waals surface area contributed by atoms with Crippen molar-refractivity contribution in [3.8, 4) is 5.75 Å². The van der Waals surface area contributed by atoms with Crippen molar-refractivity contribution in [2.45, 2.75) is 12.2 Å². The molecule has 1 unspecified atom stereocenters. The first-order valence-electron chi connectivity index (χ1n) is 5.25. The van der Waals surface area contributed by atoms with Crippen LogP contribution in [0, 0.1) is 0 Å². The van der Waals surface area contributed by atoms with Crippen LogP contribution in [0.2, 0.25) is 0 Å². The Kier molecular flexibility index (Phi) is 4.36. The largest absolute Gasteiger partial charge is 0.497 e. The molecule has 0 saturated heterocycles. The molecule has 0 heterocycles. The second-order valence-electron chi connectivity index (χ2n) is 3.76. The molecule has 1 aromatic rings. The number of hydrogen-bond acceptors (Lipinski definition) is 4. The van der Waals surface area contributed by atoms with Gasteiger partial charge in [0.2, 0.25) is 10.0 Å². The summed E-state index contributed by atoms with van der Waals surface area (Å²) in [5.74, 6) is 0.687. The molecule has 1 aromatic carbocycles. The third-order valence-electron chi connectivity index (χ3n) is 2.66. The fourth-order valence-electron chi connectivity index (χ4n) is 1.33. The minimum atomic E-state index is -3.39. The molecule has 1 atom stereocenters. The number of rotatable bonds is 5. The Balaban J connectivity index is 2.99. The Hall–Kier alpha value is -1.27. The number of ether oxygens (including phenoxy) is 1. The molecule has 0 aliphatic heterocycles. The Morgan fingerprint density at radius 3 is 2.29 bits per heavy atom. The monoisotopic (exact) mass is 258 g/mol. The fourth-order valence-corrected chi connectivity index (χ4v) is 2.53. The average molecular weight is 258 g/mol. The highest BCUT2D eigenvalue weighted by molar-refractivity contribution is 7.93. The first kappa shape index (κ1) is 13.8. The molecule has 0 bridgehead atoms. The van der Waals surface area contributed by atoms with Gasteiger partial charge in [0.05, 0.1) is 18.0 Å². The van der Waals surface area contributed by atoms with Gasteiger partial charge in [-0.25, -0.2) is 8.42 Å². The molecule has 2 N–H and O–H groups in total. The van der Waals surface area contributed by atoms with Gasteiger partial charge in [-0.05, 0) is 31.2 Å². The Morgan fingerprint density at radius 2 is 1.88 bits per heavy atom. The molecule has 0 amide bonds. The summed E-state index contributed by atoms with van der Waals surface area (Å²) in [6.07, 6.45) is 0. The maximum atomic E-state index is 12.0. The van der Waals surface area contributed by atoms with Gasteiger partial charge < -0.3 is 10.5 Å². The molecule has 0 fully saturated rings. The predicted octanol–water partition coefficient (Wildman–Crippen LogP) is 0.808. The van der Waals surface area contributed by atoms with E-state index >= 15 is 0 Å². The van der Waals surface area contributed by atoms with Crippen LogP contribution in [0.5, 0.6) is 5.75 Å². The van der Waals surface area contributed by atoms with E-state index < -0.39 is 15.3 Å². The molecule has 6 heteroatoms. The van der Waals surface area contributed by atoms with Crippen molar-refractivity contribution in [1.29, 1.82) is 0 Å². The lowest BCUT2D eigenvalue weighted by Crippen LogP contribution is -2.38. The van der Waals surface area contributed by atoms with E-state index in [1.54, 1.807) is 38.3 Å². The van der Waals surface area contributed by atoms with E-state index in [1.807, 2.05) is 0 Å². The summed E-state index contributed by atoms with van der Waals surface area (Å²) in [6, 6.07) is 6.82. The van der Waals surface area contributed by atoms with Crippen LogP contribution in [-0.4, -0.2) is 34.4 Å². The molecule has 0 aliphatic rings. The predicted molar refractivity (Wildman–Crippen MR) is 68.8 cm³/mol. The standard InChI is InChI=1S/C11H18N2O3S/c1-9(8-12)17(14,15)13(2)10-4-6-11(16-3)7-5-10/h4-7,9H,8,12H2,1-3H3. The van der Waals surface area contributed by atoms with Crippen LogP contribution >= 0.6 is 0 Å². The zero-order valence-corrected chi connectivity index (χ0v) is 11.1. The van der Waals surface area contributed by atoms with Crippen molar-refractivity contribution >= 4 is 15.7 Å². The number of nitrogens with two attached hydrogens (primary N) is 1. The molecular formula is C11H18N2O3S. The number of sulfonamides is 1. The molecule has 1 rings (SSSR count). The second kappa shape index (κ2) is 5.37. The lowest BCUT2D eigenvalue weighted by Gasteiger charge is -2.23. The minimum absolute atomic E-state index is 0.100. The maximum Gasteiger partial charge on any atom is 0.238 e. The van der Waals surface area contributed by atoms with Crippen LogP contribution in [0.3, 0.4) is 0 Å². The maximum absolute atomic E-state index is 12.0. The van der Waals surface area contributed by atoms with Crippen LogP contribution in [-0.2, 0) is 10.0 Å². The molecule has 0 radical (unpaired) electrons. The Labute approximate surface area is 102 Å². The Bertz CT molecular complexity index is 456. The topological polar surface area (TPSA) is 72.6 Å². The molecule has 5 nitrogen and oxygen atoms in total. The van der Waals surface area contributed by atoms with Crippen LogP contribution in [0.4, 0.5) is 5.69 Å². The van der Waals surface area contributed by atoms with Crippen molar-refractivity contribution < 1.29 is 13.2 Å². The normalized spacial score (nSPS) is 13.2. The summed E-state index contributed by atoms with van der Waals surface area (Å²) in [6.45, 7) is 1.69. The summed E-state index contributed by atoms with van der Waals surface area (Å²) in [5.41, 5.74) is 5.98. The van der Waals surface area contributed by atoms with E-state index in [4.69, 9.17) is 10.5 Å². The average Bonchev–Trinajstić information content (AvgIpc) is 2.36. The third-order valence-corrected chi connectivity index (χ3v) is 4.84. The van der Waals surface area contributed by atoms with Crippen LogP contribution in [0.25, 0.3) is 0 Å². The van der Waals surface area contributed by atoms with Crippen LogP contribution in [0.1, 0.15) is 6.92 Å². The number of anilines is 1. The van der Waals surface area contributed by atoms with E-state index in [0.717, 1.165) is 0 Å². The summed E-state index contributed by atoms with van der Waals surface area (Å²) in [7, 11) is -0.316. The first-order chi connectivity index (χ1) is 7.93. The number of nitrogens with zero attached hydrogens (tertiary/aromatic N) is 1. The van der Waals surface area contributed by atoms with Gasteiger partial charge in [-0.3, -0.25) is 4.31 Å². The van der Waals surface area contributed by atoms with Crippen LogP contribution in [0.15, 0.2) is 24.3 Å². The molecule has 96 valence electrons. The second-order valence-corrected chi connectivity index (χ2v) is 6.14. The van der Waals surface area contributed by atoms with Crippen molar-refractivity contribution in [2.75, 3.05) is 25.0 Å². The summed E-state index contributed by atoms with van der Waals surface area (Å²) in [5, 5.41) is -0.602. The highest BCUT2D eigenvalue weighted by atomic mass is 32.2. The van der Waals surface area contributed by atoms with Gasteiger partial charge in [-0.15, -0.1) is 0 Å². The molecule has 0 aliphatic carbocycles. The fraction of sp³-hybridized carbons (Fsp3) is 0.455. The molecule has 0 spiro atoms. The van der Waals surface area contributed by atoms with E-state index in [-0.39, 0.29) is 6.54 Å². The van der Waals surface area contributed by atoms with Gasteiger partial charge in [0.1, 0.15) is 5.75 Å². The van der Waals surface area contributed by atoms with E-state index in [1.165, 1.54) is 11.4 Å². The van der Waals surface area contributed by atoms with Gasteiger partial charge >= 0.3 is 0 Å². The van der Waals surface area contributed by atoms with Gasteiger partial charge in [-0.2, -0.15) is 0 Å². The van der Waals surface area contributed by atoms with E-state index in [9.17, 15) is 8.42 Å². The lowest BCUT2D eigenvalue weighted by molar-refractivity contribution is 0.415. The highest BCUT2D eigenvalue weighted by Gasteiger charge is 2.24. The molecular weight excluding hydrogens is 240 g/mol. The highest BCUT2D eigenvalue weighted by Crippen LogP contribution is 2.21. The quantitative estimate of drug-likeness (QED) is 0.848. The summed E-state index contributed by atoms with van der Waals surface area (Å²) in [4.78, 5) is 0. The lowest BCUT2D eigenvalue weighted by atomic mass is 10.3. The zero-order chi connectivity index (χ0) is 13.1. The van der Waals surface area contributed by atoms with Gasteiger partial charge in [0, 0.05) is 13.6 Å². The van der Waals surface area contributed by atoms with Crippen molar-refractivity contribution in [3.63, 3.8) is 0 Å². The third kappa shape index (κ3) is 2.89. The number of methoxy groups -OCH3 is 1. The molecule has 0 aromatic heterocycles. The summed E-state index contributed by atoms with van der Waals surface area (Å²) >= 11 is 0. The van der Waals surface area contributed by atoms with E-state index in [2.05, 4.69) is 0 Å². The van der Waals surface area contributed by atoms with Gasteiger partial charge in [0.15, 0.2) is 0 Å². The smallest absolute Gasteiger partial charge is 0.238 e. The van der Waals surface area contributed by atoms with Crippen LogP contribution < -0.4 is 14.8 Å². The zero-order valence-electron chi connectivity index (χ0n) is 10.3. The van der Waals surface area contributed by atoms with Gasteiger partial charge in [-0.1, -0.05) is 0 Å².